The third kappa shape index (κ3) is 4.08. The van der Waals surface area contributed by atoms with Crippen LogP contribution in [-0.2, 0) is 14.8 Å². The Morgan fingerprint density at radius 3 is 2.16 bits per heavy atom. The van der Waals surface area contributed by atoms with Crippen molar-refractivity contribution in [2.24, 2.45) is 11.7 Å². The summed E-state index contributed by atoms with van der Waals surface area (Å²) in [6.07, 6.45) is 3.06. The van der Waals surface area contributed by atoms with E-state index in [0.29, 0.717) is 12.8 Å². The summed E-state index contributed by atoms with van der Waals surface area (Å²) in [6, 6.07) is 16.1. The molecule has 1 fully saturated rings. The molecule has 2 aromatic carbocycles. The van der Waals surface area contributed by atoms with Crippen LogP contribution in [0.25, 0.3) is 11.1 Å². The summed E-state index contributed by atoms with van der Waals surface area (Å²) in [4.78, 5) is 11.8. The van der Waals surface area contributed by atoms with Gasteiger partial charge in [-0.3, -0.25) is 4.79 Å². The van der Waals surface area contributed by atoms with Crippen molar-refractivity contribution in [2.45, 2.75) is 36.6 Å². The lowest BCUT2D eigenvalue weighted by molar-refractivity contribution is -0.123. The maximum atomic E-state index is 12.7. The second-order valence-electron chi connectivity index (χ2n) is 6.41. The number of amides is 1. The molecular formula is C19H22N2O3S. The van der Waals surface area contributed by atoms with E-state index in [2.05, 4.69) is 4.72 Å². The Labute approximate surface area is 148 Å². The fraction of sp³-hybridized carbons (Fsp3) is 0.316. The molecule has 0 aromatic heterocycles. The molecule has 2 aromatic rings. The van der Waals surface area contributed by atoms with Gasteiger partial charge in [0.1, 0.15) is 0 Å². The number of hydrogen-bond donors (Lipinski definition) is 2. The summed E-state index contributed by atoms with van der Waals surface area (Å²) >= 11 is 0. The van der Waals surface area contributed by atoms with E-state index in [0.717, 1.165) is 24.0 Å². The van der Waals surface area contributed by atoms with E-state index >= 15 is 0 Å². The minimum absolute atomic E-state index is 0.195. The highest BCUT2D eigenvalue weighted by Gasteiger charge is 2.32. The van der Waals surface area contributed by atoms with E-state index in [-0.39, 0.29) is 4.90 Å². The molecule has 132 valence electrons. The van der Waals surface area contributed by atoms with Gasteiger partial charge in [-0.25, -0.2) is 13.1 Å². The summed E-state index contributed by atoms with van der Waals surface area (Å²) in [5.74, 6) is -0.876. The zero-order valence-corrected chi connectivity index (χ0v) is 14.7. The van der Waals surface area contributed by atoms with Crippen molar-refractivity contribution in [3.8, 4) is 11.1 Å². The summed E-state index contributed by atoms with van der Waals surface area (Å²) in [5.41, 5.74) is 7.40. The molecule has 3 rings (SSSR count). The summed E-state index contributed by atoms with van der Waals surface area (Å²) in [5, 5.41) is 0. The van der Waals surface area contributed by atoms with Crippen LogP contribution in [0.3, 0.4) is 0 Å². The number of benzene rings is 2. The van der Waals surface area contributed by atoms with Crippen LogP contribution >= 0.6 is 0 Å². The van der Waals surface area contributed by atoms with E-state index in [4.69, 9.17) is 5.73 Å². The number of hydrogen-bond acceptors (Lipinski definition) is 3. The molecule has 0 radical (unpaired) electrons. The zero-order chi connectivity index (χ0) is 17.9. The van der Waals surface area contributed by atoms with Crippen molar-refractivity contribution in [2.75, 3.05) is 0 Å². The van der Waals surface area contributed by atoms with E-state index in [1.165, 1.54) is 0 Å². The maximum absolute atomic E-state index is 12.7. The highest BCUT2D eigenvalue weighted by molar-refractivity contribution is 7.89. The van der Waals surface area contributed by atoms with Crippen molar-refractivity contribution in [3.05, 3.63) is 54.6 Å². The molecule has 1 saturated carbocycles. The zero-order valence-electron chi connectivity index (χ0n) is 13.9. The third-order valence-corrected chi connectivity index (χ3v) is 6.22. The van der Waals surface area contributed by atoms with E-state index in [9.17, 15) is 13.2 Å². The van der Waals surface area contributed by atoms with Crippen LogP contribution in [0, 0.1) is 5.92 Å². The number of sulfonamides is 1. The van der Waals surface area contributed by atoms with E-state index in [1.54, 1.807) is 24.3 Å². The molecule has 0 spiro atoms. The molecule has 1 amide bonds. The first kappa shape index (κ1) is 17.6. The molecule has 2 atom stereocenters. The largest absolute Gasteiger partial charge is 0.369 e. The Kier molecular flexibility index (Phi) is 5.20. The van der Waals surface area contributed by atoms with Crippen molar-refractivity contribution in [1.82, 2.24) is 4.72 Å². The summed E-state index contributed by atoms with van der Waals surface area (Å²) < 4.78 is 28.0. The molecule has 3 N–H and O–H groups in total. The molecule has 0 heterocycles. The molecule has 0 aliphatic heterocycles. The minimum atomic E-state index is -3.68. The van der Waals surface area contributed by atoms with Crippen LogP contribution in [0.5, 0.6) is 0 Å². The van der Waals surface area contributed by atoms with E-state index < -0.39 is 27.9 Å². The van der Waals surface area contributed by atoms with Crippen molar-refractivity contribution < 1.29 is 13.2 Å². The van der Waals surface area contributed by atoms with E-state index in [1.807, 2.05) is 30.3 Å². The Balaban J connectivity index is 1.79. The first-order chi connectivity index (χ1) is 12.0. The number of carbonyl (C=O) groups is 1. The van der Waals surface area contributed by atoms with Crippen LogP contribution in [0.4, 0.5) is 0 Å². The SMILES string of the molecule is NC(=O)[C@H]1CCCC[C@@H]1NS(=O)(=O)c1ccc(-c2ccccc2)cc1. The molecule has 1 aliphatic rings. The quantitative estimate of drug-likeness (QED) is 0.861. The topological polar surface area (TPSA) is 89.3 Å². The molecule has 1 aliphatic carbocycles. The van der Waals surface area contributed by atoms with Crippen LogP contribution in [0.2, 0.25) is 0 Å². The first-order valence-corrected chi connectivity index (χ1v) is 9.93. The number of primary amides is 1. The average Bonchev–Trinajstić information content (AvgIpc) is 2.62. The normalized spacial score (nSPS) is 21.0. The second-order valence-corrected chi connectivity index (χ2v) is 8.13. The maximum Gasteiger partial charge on any atom is 0.240 e. The van der Waals surface area contributed by atoms with Gasteiger partial charge in [0.05, 0.1) is 10.8 Å². The van der Waals surface area contributed by atoms with Gasteiger partial charge in [-0.05, 0) is 36.1 Å². The second kappa shape index (κ2) is 7.37. The van der Waals surface area contributed by atoms with Gasteiger partial charge in [-0.1, -0.05) is 55.3 Å². The number of nitrogens with one attached hydrogen (secondary N) is 1. The molecule has 6 heteroatoms. The van der Waals surface area contributed by atoms with Gasteiger partial charge in [0.25, 0.3) is 0 Å². The van der Waals surface area contributed by atoms with Gasteiger partial charge in [0.15, 0.2) is 0 Å². The average molecular weight is 358 g/mol. The molecule has 25 heavy (non-hydrogen) atoms. The Bertz CT molecular complexity index is 833. The predicted octanol–water partition coefficient (Wildman–Crippen LogP) is 2.68. The smallest absolute Gasteiger partial charge is 0.240 e. The van der Waals surface area contributed by atoms with Crippen LogP contribution in [0.1, 0.15) is 25.7 Å². The standard InChI is InChI=1S/C19H22N2O3S/c20-19(22)17-8-4-5-9-18(17)21-25(23,24)16-12-10-15(11-13-16)14-6-2-1-3-7-14/h1-3,6-7,10-13,17-18,21H,4-5,8-9H2,(H2,20,22)/t17-,18-/m0/s1. The predicted molar refractivity (Wildman–Crippen MR) is 97.1 cm³/mol. The van der Waals surface area contributed by atoms with Crippen molar-refractivity contribution >= 4 is 15.9 Å². The number of nitrogens with two attached hydrogens (primary N) is 1. The molecular weight excluding hydrogens is 336 g/mol. The Morgan fingerprint density at radius 1 is 0.920 bits per heavy atom. The van der Waals surface area contributed by atoms with Gasteiger partial charge in [0, 0.05) is 6.04 Å². The first-order valence-electron chi connectivity index (χ1n) is 8.44. The van der Waals surface area contributed by atoms with Crippen LogP contribution in [-0.4, -0.2) is 20.4 Å². The van der Waals surface area contributed by atoms with Gasteiger partial charge in [0.2, 0.25) is 15.9 Å². The highest BCUT2D eigenvalue weighted by Crippen LogP contribution is 2.26. The third-order valence-electron chi connectivity index (χ3n) is 4.71. The highest BCUT2D eigenvalue weighted by atomic mass is 32.2. The Morgan fingerprint density at radius 2 is 1.52 bits per heavy atom. The lowest BCUT2D eigenvalue weighted by atomic mass is 9.85. The molecule has 0 saturated heterocycles. The lowest BCUT2D eigenvalue weighted by Gasteiger charge is -2.29. The minimum Gasteiger partial charge on any atom is -0.369 e. The van der Waals surface area contributed by atoms with Gasteiger partial charge >= 0.3 is 0 Å². The number of carbonyl (C=O) groups excluding carboxylic acids is 1. The fourth-order valence-corrected chi connectivity index (χ4v) is 4.65. The molecule has 0 unspecified atom stereocenters. The Hall–Kier alpha value is -2.18. The summed E-state index contributed by atoms with van der Waals surface area (Å²) in [7, 11) is -3.68. The van der Waals surface area contributed by atoms with Gasteiger partial charge < -0.3 is 5.73 Å². The molecule has 0 bridgehead atoms. The monoisotopic (exact) mass is 358 g/mol. The van der Waals surface area contributed by atoms with Crippen LogP contribution in [0.15, 0.2) is 59.5 Å². The lowest BCUT2D eigenvalue weighted by Crippen LogP contribution is -2.46. The van der Waals surface area contributed by atoms with Crippen molar-refractivity contribution in [3.63, 3.8) is 0 Å². The van der Waals surface area contributed by atoms with Crippen LogP contribution < -0.4 is 10.5 Å². The number of rotatable bonds is 5. The molecule has 5 nitrogen and oxygen atoms in total. The van der Waals surface area contributed by atoms with Gasteiger partial charge in [-0.15, -0.1) is 0 Å². The fourth-order valence-electron chi connectivity index (χ4n) is 3.34. The van der Waals surface area contributed by atoms with Crippen molar-refractivity contribution in [1.29, 1.82) is 0 Å². The van der Waals surface area contributed by atoms with Gasteiger partial charge in [-0.2, -0.15) is 0 Å². The summed E-state index contributed by atoms with van der Waals surface area (Å²) in [6.45, 7) is 0.